The van der Waals surface area contributed by atoms with Crippen LogP contribution in [0.2, 0.25) is 0 Å². The number of hydrogen-bond donors (Lipinski definition) is 1. The number of thiazole rings is 1. The van der Waals surface area contributed by atoms with Crippen molar-refractivity contribution in [2.24, 2.45) is 4.99 Å². The van der Waals surface area contributed by atoms with E-state index in [4.69, 9.17) is 0 Å². The molecule has 0 fully saturated rings. The predicted molar refractivity (Wildman–Crippen MR) is 133 cm³/mol. The van der Waals surface area contributed by atoms with Crippen molar-refractivity contribution in [3.8, 4) is 11.7 Å². The van der Waals surface area contributed by atoms with Crippen molar-refractivity contribution in [3.05, 3.63) is 112 Å². The summed E-state index contributed by atoms with van der Waals surface area (Å²) in [5, 5.41) is 14.2. The zero-order valence-corrected chi connectivity index (χ0v) is 18.6. The maximum Gasteiger partial charge on any atom is 0.267 e. The van der Waals surface area contributed by atoms with Gasteiger partial charge < -0.3 is 5.11 Å². The number of aliphatic imine (C=N–C) groups is 1. The zero-order valence-electron chi connectivity index (χ0n) is 17.8. The molecule has 0 bridgehead atoms. The van der Waals surface area contributed by atoms with Crippen LogP contribution in [-0.2, 0) is 6.42 Å². The van der Waals surface area contributed by atoms with Crippen LogP contribution in [-0.4, -0.2) is 31.6 Å². The summed E-state index contributed by atoms with van der Waals surface area (Å²) in [6.45, 7) is 0. The van der Waals surface area contributed by atoms with E-state index in [0.717, 1.165) is 4.57 Å². The van der Waals surface area contributed by atoms with E-state index in [0.29, 0.717) is 38.5 Å². The summed E-state index contributed by atoms with van der Waals surface area (Å²) in [7, 11) is 0. The first-order valence-electron chi connectivity index (χ1n) is 10.5. The van der Waals surface area contributed by atoms with Crippen molar-refractivity contribution in [2.75, 3.05) is 0 Å². The molecule has 0 aliphatic heterocycles. The first-order chi connectivity index (χ1) is 16.6. The zero-order chi connectivity index (χ0) is 23.5. The minimum Gasteiger partial charge on any atom is -0.494 e. The highest BCUT2D eigenvalue weighted by Crippen LogP contribution is 2.27. The maximum atomic E-state index is 13.1. The van der Waals surface area contributed by atoms with Gasteiger partial charge in [-0.25, -0.2) is 19.5 Å². The Hall–Kier alpha value is -4.43. The third-order valence-corrected chi connectivity index (χ3v) is 6.06. The van der Waals surface area contributed by atoms with E-state index in [1.165, 1.54) is 17.6 Å². The van der Waals surface area contributed by atoms with E-state index in [-0.39, 0.29) is 23.6 Å². The second-order valence-corrected chi connectivity index (χ2v) is 8.29. The van der Waals surface area contributed by atoms with E-state index in [9.17, 15) is 14.7 Å². The van der Waals surface area contributed by atoms with Crippen LogP contribution in [0, 0.1) is 0 Å². The number of ketones is 1. The van der Waals surface area contributed by atoms with Crippen LogP contribution in [0.15, 0.2) is 94.2 Å². The minimum absolute atomic E-state index is 0.0208. The first kappa shape index (κ1) is 21.4. The molecule has 5 rings (SSSR count). The topological polar surface area (TPSA) is 97.4 Å². The molecule has 34 heavy (non-hydrogen) atoms. The van der Waals surface area contributed by atoms with Crippen LogP contribution in [0.25, 0.3) is 16.6 Å². The summed E-state index contributed by atoms with van der Waals surface area (Å²) in [5.74, 6) is 0.0241. The summed E-state index contributed by atoms with van der Waals surface area (Å²) in [6.07, 6.45) is 3.21. The van der Waals surface area contributed by atoms with Gasteiger partial charge in [-0.3, -0.25) is 9.59 Å². The lowest BCUT2D eigenvalue weighted by molar-refractivity contribution is 0.0992. The smallest absolute Gasteiger partial charge is 0.267 e. The summed E-state index contributed by atoms with van der Waals surface area (Å²) in [6, 6.07) is 21.2. The SMILES string of the molecule is O=C(Cc1csc(N=Cc2c(O)n(-c3ccccn3)c(=O)c3ccccc23)n1)c1ccccc1. The number of carbonyl (C=O) groups excluding carboxylic acids is 1. The van der Waals surface area contributed by atoms with Crippen molar-refractivity contribution in [1.29, 1.82) is 0 Å². The van der Waals surface area contributed by atoms with Crippen LogP contribution < -0.4 is 5.56 Å². The minimum atomic E-state index is -0.375. The van der Waals surface area contributed by atoms with Gasteiger partial charge in [0.05, 0.1) is 17.7 Å². The molecule has 1 N–H and O–H groups in total. The Bertz CT molecular complexity index is 1570. The molecule has 166 valence electrons. The summed E-state index contributed by atoms with van der Waals surface area (Å²) in [5.41, 5.74) is 1.25. The molecule has 0 amide bonds. The molecular weight excluding hydrogens is 448 g/mol. The summed E-state index contributed by atoms with van der Waals surface area (Å²) in [4.78, 5) is 38.6. The highest BCUT2D eigenvalue weighted by Gasteiger charge is 2.17. The number of fused-ring (bicyclic) bond motifs is 1. The monoisotopic (exact) mass is 466 g/mol. The number of nitrogens with zero attached hydrogens (tertiary/aromatic N) is 4. The molecule has 7 nitrogen and oxygen atoms in total. The molecule has 2 aromatic carbocycles. The fourth-order valence-electron chi connectivity index (χ4n) is 3.63. The third-order valence-electron chi connectivity index (χ3n) is 5.26. The average molecular weight is 467 g/mol. The van der Waals surface area contributed by atoms with Gasteiger partial charge in [0.15, 0.2) is 5.78 Å². The number of aromatic nitrogens is 3. The molecule has 0 saturated heterocycles. The Morgan fingerprint density at radius 3 is 2.50 bits per heavy atom. The molecule has 5 aromatic rings. The molecule has 0 unspecified atom stereocenters. The summed E-state index contributed by atoms with van der Waals surface area (Å²) < 4.78 is 1.16. The fraction of sp³-hybridized carbons (Fsp3) is 0.0385. The molecule has 0 atom stereocenters. The van der Waals surface area contributed by atoms with Gasteiger partial charge in [0, 0.05) is 34.1 Å². The van der Waals surface area contributed by atoms with Crippen molar-refractivity contribution in [1.82, 2.24) is 14.5 Å². The molecule has 0 aliphatic rings. The standard InChI is InChI=1S/C26H18N4O3S/c31-22(17-8-2-1-3-9-17)14-18-16-34-26(29-18)28-15-21-19-10-4-5-11-20(19)24(32)30(25(21)33)23-12-6-7-13-27-23/h1-13,15-16,33H,14H2. The lowest BCUT2D eigenvalue weighted by Crippen LogP contribution is -2.20. The number of carbonyl (C=O) groups is 1. The Balaban J connectivity index is 1.50. The second kappa shape index (κ2) is 9.21. The molecule has 3 aromatic heterocycles. The number of pyridine rings is 2. The molecular formula is C26H18N4O3S. The Morgan fingerprint density at radius 2 is 1.74 bits per heavy atom. The highest BCUT2D eigenvalue weighted by atomic mass is 32.1. The van der Waals surface area contributed by atoms with Crippen molar-refractivity contribution >= 4 is 39.2 Å². The van der Waals surface area contributed by atoms with E-state index in [1.54, 1.807) is 66.2 Å². The molecule has 3 heterocycles. The quantitative estimate of drug-likeness (QED) is 0.288. The van der Waals surface area contributed by atoms with E-state index < -0.39 is 0 Å². The van der Waals surface area contributed by atoms with Gasteiger partial charge in [0.2, 0.25) is 11.0 Å². The number of rotatable bonds is 6. The Morgan fingerprint density at radius 1 is 1.00 bits per heavy atom. The number of Topliss-reactive ketones (excluding diaryl/α,β-unsaturated/α-hetero) is 1. The fourth-order valence-corrected chi connectivity index (χ4v) is 4.30. The highest BCUT2D eigenvalue weighted by molar-refractivity contribution is 7.13. The first-order valence-corrected chi connectivity index (χ1v) is 11.3. The number of aromatic hydroxyl groups is 1. The predicted octanol–water partition coefficient (Wildman–Crippen LogP) is 4.72. The van der Waals surface area contributed by atoms with Crippen molar-refractivity contribution in [2.45, 2.75) is 6.42 Å². The van der Waals surface area contributed by atoms with Crippen LogP contribution in [0.5, 0.6) is 5.88 Å². The van der Waals surface area contributed by atoms with Gasteiger partial charge in [0.25, 0.3) is 5.56 Å². The van der Waals surface area contributed by atoms with Gasteiger partial charge >= 0.3 is 0 Å². The van der Waals surface area contributed by atoms with Crippen molar-refractivity contribution < 1.29 is 9.90 Å². The summed E-state index contributed by atoms with van der Waals surface area (Å²) >= 11 is 1.30. The molecule has 8 heteroatoms. The molecule has 0 aliphatic carbocycles. The normalized spacial score (nSPS) is 11.3. The van der Waals surface area contributed by atoms with Crippen LogP contribution in [0.4, 0.5) is 5.13 Å². The maximum absolute atomic E-state index is 13.1. The van der Waals surface area contributed by atoms with Gasteiger partial charge in [0.1, 0.15) is 5.82 Å². The number of hydrogen-bond acceptors (Lipinski definition) is 7. The van der Waals surface area contributed by atoms with Crippen LogP contribution >= 0.6 is 11.3 Å². The Labute approximate surface area is 198 Å². The van der Waals surface area contributed by atoms with Crippen LogP contribution in [0.1, 0.15) is 21.6 Å². The Kier molecular flexibility index (Phi) is 5.80. The number of benzene rings is 2. The van der Waals surface area contributed by atoms with Crippen LogP contribution in [0.3, 0.4) is 0 Å². The largest absolute Gasteiger partial charge is 0.494 e. The van der Waals surface area contributed by atoms with E-state index in [2.05, 4.69) is 15.0 Å². The van der Waals surface area contributed by atoms with Crippen molar-refractivity contribution in [3.63, 3.8) is 0 Å². The third kappa shape index (κ3) is 4.14. The lowest BCUT2D eigenvalue weighted by Gasteiger charge is -2.12. The van der Waals surface area contributed by atoms with E-state index in [1.807, 2.05) is 18.2 Å². The van der Waals surface area contributed by atoms with Gasteiger partial charge in [-0.05, 0) is 18.2 Å². The average Bonchev–Trinajstić information content (AvgIpc) is 3.32. The van der Waals surface area contributed by atoms with Gasteiger partial charge in [-0.2, -0.15) is 0 Å². The van der Waals surface area contributed by atoms with E-state index >= 15 is 0 Å². The van der Waals surface area contributed by atoms with Gasteiger partial charge in [-0.1, -0.05) is 54.6 Å². The second-order valence-electron chi connectivity index (χ2n) is 7.46. The molecule has 0 radical (unpaired) electrons. The molecule has 0 spiro atoms. The molecule has 0 saturated carbocycles. The van der Waals surface area contributed by atoms with Gasteiger partial charge in [-0.15, -0.1) is 11.3 Å². The lowest BCUT2D eigenvalue weighted by atomic mass is 10.1.